The molecule has 9 heteroatoms. The van der Waals surface area contributed by atoms with Crippen LogP contribution in [-0.2, 0) is 23.8 Å². The van der Waals surface area contributed by atoms with Crippen LogP contribution in [-0.4, -0.2) is 15.7 Å². The summed E-state index contributed by atoms with van der Waals surface area (Å²) in [4.78, 5) is 13.9. The fourth-order valence-electron chi connectivity index (χ4n) is 3.64. The number of fused-ring (bicyclic) bond motifs is 1. The Morgan fingerprint density at radius 2 is 2.11 bits per heavy atom. The van der Waals surface area contributed by atoms with Crippen molar-refractivity contribution in [3.8, 4) is 6.07 Å². The number of hydrogen-bond acceptors (Lipinski definition) is 4. The largest absolute Gasteiger partial charge is 0.435 e. The number of nitrogens with zero attached hydrogens (tertiary/aromatic N) is 3. The van der Waals surface area contributed by atoms with Crippen molar-refractivity contribution in [3.63, 3.8) is 0 Å². The molecule has 4 rings (SSSR count). The van der Waals surface area contributed by atoms with Crippen LogP contribution >= 0.6 is 11.3 Å². The molecule has 2 aliphatic carbocycles. The zero-order valence-electron chi connectivity index (χ0n) is 15.3. The number of carbonyl (C=O) groups is 1. The van der Waals surface area contributed by atoms with Crippen molar-refractivity contribution in [3.05, 3.63) is 33.5 Å². The predicted octanol–water partition coefficient (Wildman–Crippen LogP) is 4.79. The SMILES string of the molecule is CC(C(=O)Nc1sc2c(c1C#N)CCCC2)n1nc(C(F)(F)F)cc1C1CC1. The Labute approximate surface area is 164 Å². The second-order valence-electron chi connectivity index (χ2n) is 7.36. The third-order valence-electron chi connectivity index (χ3n) is 5.32. The number of aromatic nitrogens is 2. The average Bonchev–Trinajstić information content (AvgIpc) is 3.28. The van der Waals surface area contributed by atoms with Crippen molar-refractivity contribution in [2.45, 2.75) is 63.6 Å². The highest BCUT2D eigenvalue weighted by molar-refractivity contribution is 7.16. The zero-order chi connectivity index (χ0) is 20.1. The number of thiophene rings is 1. The Kier molecular flexibility index (Phi) is 4.70. The van der Waals surface area contributed by atoms with E-state index in [4.69, 9.17) is 0 Å². The first-order valence-corrected chi connectivity index (χ1v) is 10.1. The minimum atomic E-state index is -4.55. The molecule has 0 aromatic carbocycles. The fourth-order valence-corrected chi connectivity index (χ4v) is 4.88. The van der Waals surface area contributed by atoms with Crippen LogP contribution in [0.2, 0.25) is 0 Å². The maximum atomic E-state index is 13.1. The monoisotopic (exact) mass is 408 g/mol. The van der Waals surface area contributed by atoms with Gasteiger partial charge in [0.15, 0.2) is 5.69 Å². The van der Waals surface area contributed by atoms with E-state index in [0.29, 0.717) is 16.3 Å². The highest BCUT2D eigenvalue weighted by Gasteiger charge is 2.39. The number of anilines is 1. The average molecular weight is 408 g/mol. The number of carbonyl (C=O) groups excluding carboxylic acids is 1. The zero-order valence-corrected chi connectivity index (χ0v) is 16.1. The van der Waals surface area contributed by atoms with Crippen LogP contribution in [0.1, 0.15) is 72.0 Å². The van der Waals surface area contributed by atoms with Crippen molar-refractivity contribution in [1.82, 2.24) is 9.78 Å². The summed E-state index contributed by atoms with van der Waals surface area (Å²) in [6.07, 6.45) is 0.827. The standard InChI is InChI=1S/C19H19F3N4OS/c1-10(26-14(11-6-7-11)8-16(25-26)19(20,21)22)17(27)24-18-13(9-23)12-4-2-3-5-15(12)28-18/h8,10-11H,2-7H2,1H3,(H,24,27). The second-order valence-corrected chi connectivity index (χ2v) is 8.47. The third kappa shape index (κ3) is 3.41. The van der Waals surface area contributed by atoms with Gasteiger partial charge in [0.1, 0.15) is 17.1 Å². The van der Waals surface area contributed by atoms with Crippen LogP contribution in [0.15, 0.2) is 6.07 Å². The molecule has 1 N–H and O–H groups in total. The van der Waals surface area contributed by atoms with E-state index in [1.807, 2.05) is 0 Å². The molecular weight excluding hydrogens is 389 g/mol. The van der Waals surface area contributed by atoms with Crippen LogP contribution in [0.4, 0.5) is 18.2 Å². The number of hydrogen-bond donors (Lipinski definition) is 1. The second kappa shape index (κ2) is 6.92. The number of nitrogens with one attached hydrogen (secondary N) is 1. The first kappa shape index (κ1) is 19.0. The number of amides is 1. The van der Waals surface area contributed by atoms with Gasteiger partial charge < -0.3 is 5.32 Å². The van der Waals surface area contributed by atoms with Gasteiger partial charge in [0, 0.05) is 16.5 Å². The fraction of sp³-hybridized carbons (Fsp3) is 0.526. The molecule has 28 heavy (non-hydrogen) atoms. The molecular formula is C19H19F3N4OS. The predicted molar refractivity (Wildman–Crippen MR) is 98.2 cm³/mol. The summed E-state index contributed by atoms with van der Waals surface area (Å²) >= 11 is 1.40. The Bertz CT molecular complexity index is 965. The summed E-state index contributed by atoms with van der Waals surface area (Å²) in [5.74, 6) is -0.448. The molecule has 2 aromatic rings. The molecule has 1 fully saturated rings. The highest BCUT2D eigenvalue weighted by Crippen LogP contribution is 2.43. The molecule has 1 amide bonds. The van der Waals surface area contributed by atoms with Gasteiger partial charge in [-0.05, 0) is 57.1 Å². The van der Waals surface area contributed by atoms with Gasteiger partial charge in [0.25, 0.3) is 0 Å². The van der Waals surface area contributed by atoms with Crippen molar-refractivity contribution in [2.24, 2.45) is 0 Å². The van der Waals surface area contributed by atoms with E-state index in [9.17, 15) is 23.2 Å². The molecule has 0 saturated heterocycles. The molecule has 1 atom stereocenters. The highest BCUT2D eigenvalue weighted by atomic mass is 32.1. The first-order valence-electron chi connectivity index (χ1n) is 9.31. The molecule has 2 aliphatic rings. The number of alkyl halides is 3. The molecule has 2 heterocycles. The Morgan fingerprint density at radius 3 is 2.75 bits per heavy atom. The summed E-state index contributed by atoms with van der Waals surface area (Å²) in [5.41, 5.74) is 0.956. The maximum absolute atomic E-state index is 13.1. The topological polar surface area (TPSA) is 70.7 Å². The van der Waals surface area contributed by atoms with Crippen molar-refractivity contribution in [2.75, 3.05) is 5.32 Å². The van der Waals surface area contributed by atoms with Crippen molar-refractivity contribution >= 4 is 22.2 Å². The molecule has 0 aliphatic heterocycles. The molecule has 1 unspecified atom stereocenters. The number of halogens is 3. The molecule has 148 valence electrons. The van der Waals surface area contributed by atoms with Crippen LogP contribution < -0.4 is 5.32 Å². The van der Waals surface area contributed by atoms with Crippen LogP contribution in [0, 0.1) is 11.3 Å². The number of aryl methyl sites for hydroxylation is 1. The lowest BCUT2D eigenvalue weighted by Crippen LogP contribution is -2.26. The van der Waals surface area contributed by atoms with Gasteiger partial charge in [0.05, 0.1) is 5.56 Å². The maximum Gasteiger partial charge on any atom is 0.435 e. The number of nitriles is 1. The van der Waals surface area contributed by atoms with Crippen LogP contribution in [0.3, 0.4) is 0 Å². The Hall–Kier alpha value is -2.34. The van der Waals surface area contributed by atoms with E-state index in [1.165, 1.54) is 22.9 Å². The van der Waals surface area contributed by atoms with Gasteiger partial charge in [-0.2, -0.15) is 23.5 Å². The van der Waals surface area contributed by atoms with E-state index in [1.54, 1.807) is 0 Å². The summed E-state index contributed by atoms with van der Waals surface area (Å²) in [6, 6.07) is 2.32. The molecule has 5 nitrogen and oxygen atoms in total. The Balaban J connectivity index is 1.61. The van der Waals surface area contributed by atoms with Crippen LogP contribution in [0.5, 0.6) is 0 Å². The van der Waals surface area contributed by atoms with E-state index < -0.39 is 23.8 Å². The van der Waals surface area contributed by atoms with Gasteiger partial charge in [0.2, 0.25) is 5.91 Å². The lowest BCUT2D eigenvalue weighted by molar-refractivity contribution is -0.141. The summed E-state index contributed by atoms with van der Waals surface area (Å²) in [6.45, 7) is 1.54. The van der Waals surface area contributed by atoms with Gasteiger partial charge in [-0.3, -0.25) is 9.48 Å². The minimum absolute atomic E-state index is 0.0163. The van der Waals surface area contributed by atoms with E-state index in [-0.39, 0.29) is 5.92 Å². The smallest absolute Gasteiger partial charge is 0.315 e. The molecule has 0 bridgehead atoms. The summed E-state index contributed by atoms with van der Waals surface area (Å²) in [5, 5.41) is 16.4. The third-order valence-corrected chi connectivity index (χ3v) is 6.52. The van der Waals surface area contributed by atoms with Gasteiger partial charge in [-0.25, -0.2) is 0 Å². The lowest BCUT2D eigenvalue weighted by atomic mass is 9.96. The number of rotatable bonds is 4. The molecule has 0 spiro atoms. The van der Waals surface area contributed by atoms with Gasteiger partial charge in [-0.15, -0.1) is 11.3 Å². The summed E-state index contributed by atoms with van der Waals surface area (Å²) < 4.78 is 40.5. The van der Waals surface area contributed by atoms with Crippen molar-refractivity contribution in [1.29, 1.82) is 5.26 Å². The first-order chi connectivity index (χ1) is 13.3. The van der Waals surface area contributed by atoms with E-state index in [2.05, 4.69) is 16.5 Å². The summed E-state index contributed by atoms with van der Waals surface area (Å²) in [7, 11) is 0. The molecule has 2 aromatic heterocycles. The molecule has 1 saturated carbocycles. The minimum Gasteiger partial charge on any atom is -0.315 e. The van der Waals surface area contributed by atoms with E-state index >= 15 is 0 Å². The van der Waals surface area contributed by atoms with Gasteiger partial charge in [-0.1, -0.05) is 0 Å². The van der Waals surface area contributed by atoms with Crippen molar-refractivity contribution < 1.29 is 18.0 Å². The Morgan fingerprint density at radius 1 is 1.39 bits per heavy atom. The molecule has 0 radical (unpaired) electrons. The van der Waals surface area contributed by atoms with E-state index in [0.717, 1.165) is 55.0 Å². The van der Waals surface area contributed by atoms with Crippen LogP contribution in [0.25, 0.3) is 0 Å². The lowest BCUT2D eigenvalue weighted by Gasteiger charge is -2.15. The van der Waals surface area contributed by atoms with Gasteiger partial charge >= 0.3 is 6.18 Å². The normalized spacial score (nSPS) is 17.7. The quantitative estimate of drug-likeness (QED) is 0.791.